The summed E-state index contributed by atoms with van der Waals surface area (Å²) in [7, 11) is -3.62. The van der Waals surface area contributed by atoms with Crippen LogP contribution in [0.25, 0.3) is 0 Å². The van der Waals surface area contributed by atoms with Gasteiger partial charge in [-0.25, -0.2) is 12.7 Å². The zero-order valence-corrected chi connectivity index (χ0v) is 23.0. The van der Waals surface area contributed by atoms with Crippen LogP contribution in [0.5, 0.6) is 5.75 Å². The van der Waals surface area contributed by atoms with E-state index in [0.29, 0.717) is 44.0 Å². The average Bonchev–Trinajstić information content (AvgIpc) is 2.78. The first kappa shape index (κ1) is 33.1. The van der Waals surface area contributed by atoms with Gasteiger partial charge in [0.15, 0.2) is 0 Å². The quantitative estimate of drug-likeness (QED) is 0.210. The summed E-state index contributed by atoms with van der Waals surface area (Å²) in [6, 6.07) is 4.71. The third kappa shape index (κ3) is 14.0. The molecule has 0 unspecified atom stereocenters. The van der Waals surface area contributed by atoms with Gasteiger partial charge in [0.2, 0.25) is 10.0 Å². The van der Waals surface area contributed by atoms with Crippen molar-refractivity contribution in [1.29, 1.82) is 0 Å². The van der Waals surface area contributed by atoms with Gasteiger partial charge in [-0.2, -0.15) is 0 Å². The van der Waals surface area contributed by atoms with E-state index < -0.39 is 34.5 Å². The normalized spacial score (nSPS) is 14.1. The van der Waals surface area contributed by atoms with E-state index in [4.69, 9.17) is 10.5 Å². The number of carbonyl (C=O) groups excluding carboxylic acids is 1. The molecule has 0 spiro atoms. The second kappa shape index (κ2) is 16.2. The SMILES string of the molecule is CCCN(CCC)S(=O)(=O)CCC(=O)O[C@H](CNCCC(C)C)[C@@H](N)Cc1cccc(OC(F)(F)F)c1. The lowest BCUT2D eigenvalue weighted by Crippen LogP contribution is -2.46. The fourth-order valence-corrected chi connectivity index (χ4v) is 5.25. The van der Waals surface area contributed by atoms with Crippen molar-refractivity contribution in [2.45, 2.75) is 78.3 Å². The zero-order valence-electron chi connectivity index (χ0n) is 22.2. The van der Waals surface area contributed by atoms with E-state index in [1.54, 1.807) is 6.07 Å². The van der Waals surface area contributed by atoms with Gasteiger partial charge in [-0.05, 0) is 55.8 Å². The van der Waals surface area contributed by atoms with Crippen molar-refractivity contribution in [3.8, 4) is 5.75 Å². The summed E-state index contributed by atoms with van der Waals surface area (Å²) in [5, 5.41) is 3.20. The Bertz CT molecular complexity index is 907. The van der Waals surface area contributed by atoms with Crippen molar-refractivity contribution in [2.75, 3.05) is 31.9 Å². The maximum Gasteiger partial charge on any atom is 0.573 e. The second-order valence-corrected chi connectivity index (χ2v) is 11.5. The molecule has 0 fully saturated rings. The summed E-state index contributed by atoms with van der Waals surface area (Å²) in [6.07, 6.45) is -3.61. The van der Waals surface area contributed by atoms with E-state index >= 15 is 0 Å². The van der Waals surface area contributed by atoms with Crippen LogP contribution in [0.1, 0.15) is 58.9 Å². The van der Waals surface area contributed by atoms with Gasteiger partial charge in [-0.15, -0.1) is 13.2 Å². The molecule has 0 aliphatic carbocycles. The van der Waals surface area contributed by atoms with Gasteiger partial charge in [0.05, 0.1) is 12.2 Å². The number of halogens is 3. The highest BCUT2D eigenvalue weighted by molar-refractivity contribution is 7.89. The lowest BCUT2D eigenvalue weighted by atomic mass is 10.0. The summed E-state index contributed by atoms with van der Waals surface area (Å²) >= 11 is 0. The molecule has 1 rings (SSSR count). The lowest BCUT2D eigenvalue weighted by Gasteiger charge is -2.25. The number of sulfonamides is 1. The van der Waals surface area contributed by atoms with E-state index in [2.05, 4.69) is 23.9 Å². The Balaban J connectivity index is 2.87. The van der Waals surface area contributed by atoms with Crippen LogP contribution < -0.4 is 15.8 Å². The average molecular weight is 554 g/mol. The zero-order chi connectivity index (χ0) is 28.1. The van der Waals surface area contributed by atoms with Crippen LogP contribution in [-0.4, -0.2) is 69.1 Å². The summed E-state index contributed by atoms with van der Waals surface area (Å²) < 4.78 is 74.0. The fourth-order valence-electron chi connectivity index (χ4n) is 3.65. The molecule has 37 heavy (non-hydrogen) atoms. The molecule has 0 aliphatic heterocycles. The molecule has 214 valence electrons. The molecule has 0 radical (unpaired) electrons. The Morgan fingerprint density at radius 2 is 1.81 bits per heavy atom. The Morgan fingerprint density at radius 3 is 2.38 bits per heavy atom. The molecule has 8 nitrogen and oxygen atoms in total. The van der Waals surface area contributed by atoms with Gasteiger partial charge in [-0.3, -0.25) is 4.79 Å². The summed E-state index contributed by atoms with van der Waals surface area (Å²) in [5.74, 6) is -0.977. The maximum absolute atomic E-state index is 12.7. The Labute approximate surface area is 219 Å². The maximum atomic E-state index is 12.7. The predicted octanol–water partition coefficient (Wildman–Crippen LogP) is 3.84. The number of ether oxygens (including phenoxy) is 2. The first-order valence-electron chi connectivity index (χ1n) is 12.8. The number of rotatable bonds is 18. The molecule has 0 saturated carbocycles. The largest absolute Gasteiger partial charge is 0.573 e. The summed E-state index contributed by atoms with van der Waals surface area (Å²) in [6.45, 7) is 9.56. The highest BCUT2D eigenvalue weighted by Crippen LogP contribution is 2.24. The molecular weight excluding hydrogens is 511 g/mol. The van der Waals surface area contributed by atoms with Gasteiger partial charge in [0.25, 0.3) is 0 Å². The van der Waals surface area contributed by atoms with Gasteiger partial charge in [0, 0.05) is 25.7 Å². The van der Waals surface area contributed by atoms with Crippen molar-refractivity contribution in [3.05, 3.63) is 29.8 Å². The number of benzene rings is 1. The predicted molar refractivity (Wildman–Crippen MR) is 138 cm³/mol. The minimum Gasteiger partial charge on any atom is -0.459 e. The molecule has 0 bridgehead atoms. The molecular formula is C25H42F3N3O5S. The van der Waals surface area contributed by atoms with Crippen LogP contribution >= 0.6 is 0 Å². The van der Waals surface area contributed by atoms with E-state index in [1.165, 1.54) is 22.5 Å². The highest BCUT2D eigenvalue weighted by Gasteiger charge is 2.31. The number of nitrogens with two attached hydrogens (primary N) is 1. The number of nitrogens with zero attached hydrogens (tertiary/aromatic N) is 1. The Kier molecular flexibility index (Phi) is 14.5. The van der Waals surface area contributed by atoms with Crippen molar-refractivity contribution in [2.24, 2.45) is 11.7 Å². The summed E-state index contributed by atoms with van der Waals surface area (Å²) in [4.78, 5) is 12.6. The molecule has 3 N–H and O–H groups in total. The molecule has 1 aromatic rings. The molecule has 0 heterocycles. The van der Waals surface area contributed by atoms with Crippen molar-refractivity contribution >= 4 is 16.0 Å². The number of hydrogen-bond acceptors (Lipinski definition) is 7. The van der Waals surface area contributed by atoms with Crippen molar-refractivity contribution in [1.82, 2.24) is 9.62 Å². The van der Waals surface area contributed by atoms with Crippen LogP contribution in [0.4, 0.5) is 13.2 Å². The molecule has 0 aromatic heterocycles. The number of carbonyl (C=O) groups is 1. The Morgan fingerprint density at radius 1 is 1.16 bits per heavy atom. The number of alkyl halides is 3. The van der Waals surface area contributed by atoms with Gasteiger partial charge >= 0.3 is 12.3 Å². The first-order chi connectivity index (χ1) is 17.3. The minimum absolute atomic E-state index is 0.123. The lowest BCUT2D eigenvalue weighted by molar-refractivity contribution is -0.274. The molecule has 2 atom stereocenters. The van der Waals surface area contributed by atoms with Crippen LogP contribution in [0, 0.1) is 5.92 Å². The Hall–Kier alpha value is -1.89. The van der Waals surface area contributed by atoms with E-state index in [1.807, 2.05) is 13.8 Å². The van der Waals surface area contributed by atoms with Crippen LogP contribution in [-0.2, 0) is 26.0 Å². The molecule has 1 aromatic carbocycles. The molecule has 0 aliphatic rings. The topological polar surface area (TPSA) is 111 Å². The van der Waals surface area contributed by atoms with Crippen molar-refractivity contribution < 1.29 is 35.9 Å². The standard InChI is InChI=1S/C25H42F3N3O5S/c1-5-13-31(14-6-2)37(33,34)15-11-24(32)35-23(18-30-12-10-19(3)4)22(29)17-20-8-7-9-21(16-20)36-25(26,27)28/h7-9,16,19,22-23,30H,5-6,10-15,17-18,29H2,1-4H3/t22-,23+/m0/s1. The first-order valence-corrected chi connectivity index (χ1v) is 14.4. The van der Waals surface area contributed by atoms with Crippen LogP contribution in [0.3, 0.4) is 0 Å². The van der Waals surface area contributed by atoms with Crippen LogP contribution in [0.15, 0.2) is 24.3 Å². The molecule has 0 amide bonds. The number of hydrogen-bond donors (Lipinski definition) is 2. The second-order valence-electron chi connectivity index (χ2n) is 9.44. The molecule has 0 saturated heterocycles. The summed E-state index contributed by atoms with van der Waals surface area (Å²) in [5.41, 5.74) is 6.80. The number of nitrogens with one attached hydrogen (secondary N) is 1. The van der Waals surface area contributed by atoms with Gasteiger partial charge in [0.1, 0.15) is 11.9 Å². The van der Waals surface area contributed by atoms with E-state index in [0.717, 1.165) is 6.42 Å². The number of esters is 1. The van der Waals surface area contributed by atoms with E-state index in [9.17, 15) is 26.4 Å². The highest BCUT2D eigenvalue weighted by atomic mass is 32.2. The monoisotopic (exact) mass is 553 g/mol. The van der Waals surface area contributed by atoms with Crippen molar-refractivity contribution in [3.63, 3.8) is 0 Å². The van der Waals surface area contributed by atoms with Crippen LogP contribution in [0.2, 0.25) is 0 Å². The fraction of sp³-hybridized carbons (Fsp3) is 0.720. The van der Waals surface area contributed by atoms with Gasteiger partial charge in [-0.1, -0.05) is 39.8 Å². The smallest absolute Gasteiger partial charge is 0.459 e. The third-order valence-electron chi connectivity index (χ3n) is 5.51. The van der Waals surface area contributed by atoms with Gasteiger partial charge < -0.3 is 20.5 Å². The third-order valence-corrected chi connectivity index (χ3v) is 7.38. The van der Waals surface area contributed by atoms with E-state index in [-0.39, 0.29) is 30.9 Å². The minimum atomic E-state index is -4.82. The molecule has 12 heteroatoms.